The molecule has 0 aliphatic heterocycles. The monoisotopic (exact) mass is 398 g/mol. The van der Waals surface area contributed by atoms with Crippen molar-refractivity contribution in [2.45, 2.75) is 18.7 Å². The van der Waals surface area contributed by atoms with Crippen molar-refractivity contribution in [1.82, 2.24) is 0 Å². The highest BCUT2D eigenvalue weighted by atomic mass is 79.9. The van der Waals surface area contributed by atoms with Gasteiger partial charge in [0, 0.05) is 11.4 Å². The lowest BCUT2D eigenvalue weighted by Crippen LogP contribution is -2.13. The minimum Gasteiger partial charge on any atom is -0.506 e. The van der Waals surface area contributed by atoms with E-state index in [1.54, 1.807) is 19.1 Å². The van der Waals surface area contributed by atoms with Crippen LogP contribution in [0.3, 0.4) is 0 Å². The van der Waals surface area contributed by atoms with E-state index in [1.165, 1.54) is 31.2 Å². The Hall–Kier alpha value is -2.06. The Balaban J connectivity index is 2.33. The number of sulfonamides is 1. The summed E-state index contributed by atoms with van der Waals surface area (Å²) in [4.78, 5) is 11.2. The van der Waals surface area contributed by atoms with E-state index in [4.69, 9.17) is 0 Å². The fourth-order valence-corrected chi connectivity index (χ4v) is 3.27. The van der Waals surface area contributed by atoms with Gasteiger partial charge in [-0.25, -0.2) is 8.42 Å². The maximum Gasteiger partial charge on any atom is 0.261 e. The molecule has 0 fully saturated rings. The fourth-order valence-electron chi connectivity index (χ4n) is 1.89. The van der Waals surface area contributed by atoms with Crippen molar-refractivity contribution in [1.29, 1.82) is 0 Å². The SMILES string of the molecule is CC(=O)Nc1cc(NS(=O)(=O)c2ccc(Br)c(C)c2)ccc1O. The van der Waals surface area contributed by atoms with E-state index >= 15 is 0 Å². The Morgan fingerprint density at radius 3 is 2.48 bits per heavy atom. The van der Waals surface area contributed by atoms with Gasteiger partial charge in [-0.2, -0.15) is 0 Å². The van der Waals surface area contributed by atoms with Gasteiger partial charge in [-0.1, -0.05) is 15.9 Å². The van der Waals surface area contributed by atoms with Gasteiger partial charge in [-0.15, -0.1) is 0 Å². The molecule has 0 atom stereocenters. The first-order chi connectivity index (χ1) is 10.7. The van der Waals surface area contributed by atoms with Crippen LogP contribution in [-0.2, 0) is 14.8 Å². The number of anilines is 2. The first kappa shape index (κ1) is 17.3. The highest BCUT2D eigenvalue weighted by Gasteiger charge is 2.16. The molecular weight excluding hydrogens is 384 g/mol. The Kier molecular flexibility index (Phi) is 4.96. The van der Waals surface area contributed by atoms with E-state index in [0.717, 1.165) is 10.0 Å². The number of phenolic OH excluding ortho intramolecular Hbond substituents is 1. The van der Waals surface area contributed by atoms with Gasteiger partial charge in [0.15, 0.2) is 0 Å². The summed E-state index contributed by atoms with van der Waals surface area (Å²) in [5.74, 6) is -0.522. The Bertz CT molecular complexity index is 866. The molecule has 23 heavy (non-hydrogen) atoms. The molecule has 0 aliphatic carbocycles. The van der Waals surface area contributed by atoms with Gasteiger partial charge < -0.3 is 10.4 Å². The average Bonchev–Trinajstić information content (AvgIpc) is 2.44. The third-order valence-electron chi connectivity index (χ3n) is 3.00. The zero-order valence-electron chi connectivity index (χ0n) is 12.4. The predicted octanol–water partition coefficient (Wildman–Crippen LogP) is 3.22. The maximum atomic E-state index is 12.4. The Labute approximate surface area is 142 Å². The molecular formula is C15H15BrN2O4S. The van der Waals surface area contributed by atoms with Crippen molar-refractivity contribution >= 4 is 43.2 Å². The molecule has 0 spiro atoms. The summed E-state index contributed by atoms with van der Waals surface area (Å²) in [5, 5.41) is 12.1. The molecule has 2 aromatic carbocycles. The molecule has 1 amide bonds. The molecule has 0 bridgehead atoms. The van der Waals surface area contributed by atoms with Crippen molar-refractivity contribution in [2.75, 3.05) is 10.0 Å². The van der Waals surface area contributed by atoms with Crippen molar-refractivity contribution < 1.29 is 18.3 Å². The molecule has 0 saturated carbocycles. The second-order valence-corrected chi connectivity index (χ2v) is 7.47. The van der Waals surface area contributed by atoms with Crippen LogP contribution in [0.5, 0.6) is 5.75 Å². The number of aromatic hydroxyl groups is 1. The zero-order chi connectivity index (χ0) is 17.2. The molecule has 2 rings (SSSR count). The van der Waals surface area contributed by atoms with Gasteiger partial charge in [0.25, 0.3) is 10.0 Å². The molecule has 2 aromatic rings. The number of phenols is 1. The molecule has 0 radical (unpaired) electrons. The number of amides is 1. The largest absolute Gasteiger partial charge is 0.506 e. The van der Waals surface area contributed by atoms with Crippen molar-refractivity contribution in [3.05, 3.63) is 46.4 Å². The summed E-state index contributed by atoms with van der Waals surface area (Å²) in [6.07, 6.45) is 0. The molecule has 8 heteroatoms. The van der Waals surface area contributed by atoms with Crippen LogP contribution in [0.2, 0.25) is 0 Å². The molecule has 6 nitrogen and oxygen atoms in total. The van der Waals surface area contributed by atoms with Gasteiger partial charge in [0.2, 0.25) is 5.91 Å². The first-order valence-electron chi connectivity index (χ1n) is 6.58. The highest BCUT2D eigenvalue weighted by molar-refractivity contribution is 9.10. The summed E-state index contributed by atoms with van der Waals surface area (Å²) < 4.78 is 28.0. The number of carbonyl (C=O) groups is 1. The van der Waals surface area contributed by atoms with Crippen molar-refractivity contribution in [3.63, 3.8) is 0 Å². The van der Waals surface area contributed by atoms with Gasteiger partial charge in [0.1, 0.15) is 5.75 Å². The van der Waals surface area contributed by atoms with Crippen LogP contribution in [-0.4, -0.2) is 19.4 Å². The summed E-state index contributed by atoms with van der Waals surface area (Å²) in [6.45, 7) is 3.08. The minimum absolute atomic E-state index is 0.118. The second kappa shape index (κ2) is 6.59. The third-order valence-corrected chi connectivity index (χ3v) is 5.27. The van der Waals surface area contributed by atoms with Crippen molar-refractivity contribution in [2.24, 2.45) is 0 Å². The molecule has 0 aliphatic rings. The van der Waals surface area contributed by atoms with Crippen LogP contribution in [0, 0.1) is 6.92 Å². The Morgan fingerprint density at radius 2 is 1.87 bits per heavy atom. The lowest BCUT2D eigenvalue weighted by molar-refractivity contribution is -0.114. The number of hydrogen-bond acceptors (Lipinski definition) is 4. The molecule has 122 valence electrons. The first-order valence-corrected chi connectivity index (χ1v) is 8.86. The lowest BCUT2D eigenvalue weighted by Gasteiger charge is -2.12. The number of aryl methyl sites for hydroxylation is 1. The van der Waals surface area contributed by atoms with Gasteiger partial charge in [-0.05, 0) is 48.9 Å². The summed E-state index contributed by atoms with van der Waals surface area (Å²) in [6, 6.07) is 8.74. The summed E-state index contributed by atoms with van der Waals surface area (Å²) >= 11 is 3.32. The number of carbonyl (C=O) groups excluding carboxylic acids is 1. The molecule has 0 unspecified atom stereocenters. The van der Waals surface area contributed by atoms with Crippen molar-refractivity contribution in [3.8, 4) is 5.75 Å². The molecule has 0 heterocycles. The van der Waals surface area contributed by atoms with E-state index in [9.17, 15) is 18.3 Å². The molecule has 3 N–H and O–H groups in total. The highest BCUT2D eigenvalue weighted by Crippen LogP contribution is 2.28. The normalized spacial score (nSPS) is 11.1. The van der Waals surface area contributed by atoms with Gasteiger partial charge in [0.05, 0.1) is 16.3 Å². The number of hydrogen-bond donors (Lipinski definition) is 3. The van der Waals surface area contributed by atoms with E-state index in [-0.39, 0.29) is 27.9 Å². The number of nitrogens with one attached hydrogen (secondary N) is 2. The minimum atomic E-state index is -3.78. The quantitative estimate of drug-likeness (QED) is 0.544. The van der Waals surface area contributed by atoms with Crippen LogP contribution in [0.15, 0.2) is 45.8 Å². The van der Waals surface area contributed by atoms with E-state index in [0.29, 0.717) is 0 Å². The van der Waals surface area contributed by atoms with Crippen LogP contribution in [0.4, 0.5) is 11.4 Å². The standard InChI is InChI=1S/C15H15BrN2O4S/c1-9-7-12(4-5-13(9)16)23(21,22)18-11-3-6-15(20)14(8-11)17-10(2)19/h3-8,18,20H,1-2H3,(H,17,19). The predicted molar refractivity (Wildman–Crippen MR) is 92.1 cm³/mol. The molecule has 0 aromatic heterocycles. The third kappa shape index (κ3) is 4.23. The topological polar surface area (TPSA) is 95.5 Å². The second-order valence-electron chi connectivity index (χ2n) is 4.93. The smallest absolute Gasteiger partial charge is 0.261 e. The van der Waals surface area contributed by atoms with Crippen LogP contribution in [0.25, 0.3) is 0 Å². The van der Waals surface area contributed by atoms with Crippen LogP contribution < -0.4 is 10.0 Å². The van der Waals surface area contributed by atoms with E-state index < -0.39 is 10.0 Å². The summed E-state index contributed by atoms with van der Waals surface area (Å²) in [5.41, 5.74) is 1.15. The lowest BCUT2D eigenvalue weighted by atomic mass is 10.2. The Morgan fingerprint density at radius 1 is 1.17 bits per heavy atom. The van der Waals surface area contributed by atoms with Crippen LogP contribution >= 0.6 is 15.9 Å². The maximum absolute atomic E-state index is 12.4. The zero-order valence-corrected chi connectivity index (χ0v) is 14.8. The van der Waals surface area contributed by atoms with Gasteiger partial charge >= 0.3 is 0 Å². The van der Waals surface area contributed by atoms with E-state index in [1.807, 2.05) is 0 Å². The number of benzene rings is 2. The molecule has 0 saturated heterocycles. The number of halogens is 1. The average molecular weight is 399 g/mol. The van der Waals surface area contributed by atoms with E-state index in [2.05, 4.69) is 26.0 Å². The fraction of sp³-hybridized carbons (Fsp3) is 0.133. The summed E-state index contributed by atoms with van der Waals surface area (Å²) in [7, 11) is -3.78. The number of rotatable bonds is 4. The van der Waals surface area contributed by atoms with Gasteiger partial charge in [-0.3, -0.25) is 9.52 Å². The van der Waals surface area contributed by atoms with Crippen LogP contribution in [0.1, 0.15) is 12.5 Å².